The fraction of sp³-hybridized carbons (Fsp3) is 0.167. The van der Waals surface area contributed by atoms with E-state index in [9.17, 15) is 14.4 Å². The molecule has 0 spiro atoms. The summed E-state index contributed by atoms with van der Waals surface area (Å²) >= 11 is 13.3. The van der Waals surface area contributed by atoms with Gasteiger partial charge in [0.05, 0.1) is 27.9 Å². The van der Waals surface area contributed by atoms with Crippen molar-refractivity contribution in [1.82, 2.24) is 0 Å². The van der Waals surface area contributed by atoms with Crippen LogP contribution >= 0.6 is 35.0 Å². The van der Waals surface area contributed by atoms with Crippen LogP contribution in [0.15, 0.2) is 47.4 Å². The molecule has 0 saturated heterocycles. The minimum Gasteiger partial charge on any atom is -0.481 e. The summed E-state index contributed by atoms with van der Waals surface area (Å²) in [7, 11) is 0. The van der Waals surface area contributed by atoms with E-state index in [2.05, 4.69) is 10.6 Å². The van der Waals surface area contributed by atoms with Crippen molar-refractivity contribution < 1.29 is 19.5 Å². The molecule has 0 aliphatic heterocycles. The molecule has 3 N–H and O–H groups in total. The van der Waals surface area contributed by atoms with E-state index in [-0.39, 0.29) is 30.4 Å². The number of carbonyl (C=O) groups excluding carboxylic acids is 2. The quantitative estimate of drug-likeness (QED) is 0.538. The highest BCUT2D eigenvalue weighted by Crippen LogP contribution is 2.30. The van der Waals surface area contributed by atoms with Crippen LogP contribution < -0.4 is 10.6 Å². The number of benzene rings is 2. The second-order valence-electron chi connectivity index (χ2n) is 5.40. The number of anilines is 2. The number of hydrogen-bond acceptors (Lipinski definition) is 4. The summed E-state index contributed by atoms with van der Waals surface area (Å²) in [6, 6.07) is 11.9. The van der Waals surface area contributed by atoms with Gasteiger partial charge in [0.2, 0.25) is 11.8 Å². The molecule has 0 fully saturated rings. The maximum atomic E-state index is 12.1. The molecule has 0 aliphatic carbocycles. The lowest BCUT2D eigenvalue weighted by Crippen LogP contribution is -2.14. The van der Waals surface area contributed by atoms with Gasteiger partial charge in [-0.2, -0.15) is 0 Å². The number of amides is 2. The molecule has 0 aromatic heterocycles. The first-order chi connectivity index (χ1) is 12.8. The smallest absolute Gasteiger partial charge is 0.303 e. The first kappa shape index (κ1) is 21.1. The summed E-state index contributed by atoms with van der Waals surface area (Å²) in [6.07, 6.45) is -0.302. The van der Waals surface area contributed by atoms with Gasteiger partial charge in [0, 0.05) is 17.0 Å². The predicted molar refractivity (Wildman–Crippen MR) is 108 cm³/mol. The van der Waals surface area contributed by atoms with Crippen LogP contribution in [-0.4, -0.2) is 28.6 Å². The number of carboxylic acids is 1. The molecule has 0 heterocycles. The number of thioether (sulfide) groups is 1. The van der Waals surface area contributed by atoms with Crippen molar-refractivity contribution in [3.63, 3.8) is 0 Å². The van der Waals surface area contributed by atoms with E-state index in [4.69, 9.17) is 28.3 Å². The fourth-order valence-corrected chi connectivity index (χ4v) is 3.06. The SMILES string of the molecule is O=C(O)CCC(=O)Nc1ccc(SCC(=O)Nc2cccc(Cl)c2Cl)cc1. The van der Waals surface area contributed by atoms with Crippen molar-refractivity contribution in [2.24, 2.45) is 0 Å². The average molecular weight is 427 g/mol. The normalized spacial score (nSPS) is 10.3. The largest absolute Gasteiger partial charge is 0.481 e. The summed E-state index contributed by atoms with van der Waals surface area (Å²) in [5.41, 5.74) is 1.01. The van der Waals surface area contributed by atoms with Gasteiger partial charge in [-0.1, -0.05) is 29.3 Å². The first-order valence-corrected chi connectivity index (χ1v) is 9.57. The number of carbonyl (C=O) groups is 3. The Labute approximate surface area is 170 Å². The Kier molecular flexibility index (Phi) is 7.97. The molecule has 0 unspecified atom stereocenters. The van der Waals surface area contributed by atoms with Crippen molar-refractivity contribution in [1.29, 1.82) is 0 Å². The van der Waals surface area contributed by atoms with E-state index < -0.39 is 5.97 Å². The minimum atomic E-state index is -1.02. The van der Waals surface area contributed by atoms with Crippen molar-refractivity contribution >= 4 is 64.1 Å². The number of rotatable bonds is 8. The molecular formula is C18H16Cl2N2O4S. The van der Waals surface area contributed by atoms with Gasteiger partial charge in [-0.25, -0.2) is 0 Å². The van der Waals surface area contributed by atoms with E-state index in [0.717, 1.165) is 4.90 Å². The highest BCUT2D eigenvalue weighted by Gasteiger charge is 2.09. The first-order valence-electron chi connectivity index (χ1n) is 7.83. The van der Waals surface area contributed by atoms with Crippen molar-refractivity contribution in [2.45, 2.75) is 17.7 Å². The van der Waals surface area contributed by atoms with Crippen molar-refractivity contribution in [3.8, 4) is 0 Å². The molecule has 2 aromatic carbocycles. The second-order valence-corrected chi connectivity index (χ2v) is 7.24. The summed E-state index contributed by atoms with van der Waals surface area (Å²) in [5.74, 6) is -1.44. The second kappa shape index (κ2) is 10.2. The zero-order valence-corrected chi connectivity index (χ0v) is 16.3. The van der Waals surface area contributed by atoms with Gasteiger partial charge >= 0.3 is 5.97 Å². The van der Waals surface area contributed by atoms with Gasteiger partial charge < -0.3 is 15.7 Å². The highest BCUT2D eigenvalue weighted by molar-refractivity contribution is 8.00. The lowest BCUT2D eigenvalue weighted by molar-refractivity contribution is -0.138. The number of carboxylic acid groups (broad SMARTS) is 1. The zero-order chi connectivity index (χ0) is 19.8. The molecule has 142 valence electrons. The lowest BCUT2D eigenvalue weighted by atomic mass is 10.2. The average Bonchev–Trinajstić information content (AvgIpc) is 2.63. The maximum Gasteiger partial charge on any atom is 0.303 e. The van der Waals surface area contributed by atoms with Gasteiger partial charge in [-0.15, -0.1) is 11.8 Å². The third kappa shape index (κ3) is 7.13. The molecule has 2 amide bonds. The van der Waals surface area contributed by atoms with E-state index in [1.54, 1.807) is 42.5 Å². The van der Waals surface area contributed by atoms with Crippen LogP contribution in [0.3, 0.4) is 0 Å². The van der Waals surface area contributed by atoms with Crippen LogP contribution in [0.25, 0.3) is 0 Å². The van der Waals surface area contributed by atoms with Crippen LogP contribution in [0.5, 0.6) is 0 Å². The van der Waals surface area contributed by atoms with Crippen LogP contribution in [-0.2, 0) is 14.4 Å². The third-order valence-corrected chi connectivity index (χ3v) is 5.13. The van der Waals surface area contributed by atoms with Gasteiger partial charge in [0.1, 0.15) is 0 Å². The van der Waals surface area contributed by atoms with Gasteiger partial charge in [-0.3, -0.25) is 14.4 Å². The molecular weight excluding hydrogens is 411 g/mol. The van der Waals surface area contributed by atoms with Crippen LogP contribution in [0.1, 0.15) is 12.8 Å². The van der Waals surface area contributed by atoms with Gasteiger partial charge in [-0.05, 0) is 36.4 Å². The Bertz CT molecular complexity index is 844. The molecule has 0 aliphatic rings. The maximum absolute atomic E-state index is 12.1. The zero-order valence-electron chi connectivity index (χ0n) is 14.0. The standard InChI is InChI=1S/C18H16Cl2N2O4S/c19-13-2-1-3-14(18(13)20)22-16(24)10-27-12-6-4-11(5-7-12)21-15(23)8-9-17(25)26/h1-7H,8-10H2,(H,21,23)(H,22,24)(H,25,26). The molecule has 2 aromatic rings. The summed E-state index contributed by atoms with van der Waals surface area (Å²) in [6.45, 7) is 0. The highest BCUT2D eigenvalue weighted by atomic mass is 35.5. The molecule has 2 rings (SSSR count). The Hall–Kier alpha value is -2.22. The monoisotopic (exact) mass is 426 g/mol. The van der Waals surface area contributed by atoms with E-state index in [1.807, 2.05) is 0 Å². The van der Waals surface area contributed by atoms with E-state index >= 15 is 0 Å². The van der Waals surface area contributed by atoms with Crippen molar-refractivity contribution in [3.05, 3.63) is 52.5 Å². The molecule has 0 radical (unpaired) electrons. The minimum absolute atomic E-state index is 0.0852. The number of hydrogen-bond donors (Lipinski definition) is 3. The van der Waals surface area contributed by atoms with Crippen LogP contribution in [0.2, 0.25) is 10.0 Å². The van der Waals surface area contributed by atoms with Crippen LogP contribution in [0, 0.1) is 0 Å². The fourth-order valence-electron chi connectivity index (χ4n) is 2.01. The van der Waals surface area contributed by atoms with Crippen LogP contribution in [0.4, 0.5) is 11.4 Å². The third-order valence-electron chi connectivity index (χ3n) is 3.30. The van der Waals surface area contributed by atoms with Gasteiger partial charge in [0.15, 0.2) is 0 Å². The Morgan fingerprint density at radius 3 is 2.30 bits per heavy atom. The summed E-state index contributed by atoms with van der Waals surface area (Å²) in [4.78, 5) is 34.9. The molecule has 27 heavy (non-hydrogen) atoms. The number of aliphatic carboxylic acids is 1. The summed E-state index contributed by atoms with van der Waals surface area (Å²) in [5, 5.41) is 14.5. The summed E-state index contributed by atoms with van der Waals surface area (Å²) < 4.78 is 0. The molecule has 0 saturated carbocycles. The molecule has 9 heteroatoms. The lowest BCUT2D eigenvalue weighted by Gasteiger charge is -2.08. The molecule has 0 atom stereocenters. The Morgan fingerprint density at radius 2 is 1.63 bits per heavy atom. The molecule has 0 bridgehead atoms. The van der Waals surface area contributed by atoms with E-state index in [1.165, 1.54) is 11.8 Å². The van der Waals surface area contributed by atoms with Crippen molar-refractivity contribution in [2.75, 3.05) is 16.4 Å². The Balaban J connectivity index is 1.82. The Morgan fingerprint density at radius 1 is 0.926 bits per heavy atom. The topological polar surface area (TPSA) is 95.5 Å². The number of nitrogens with one attached hydrogen (secondary N) is 2. The molecule has 6 nitrogen and oxygen atoms in total. The predicted octanol–water partition coefficient (Wildman–Crippen LogP) is 4.53. The van der Waals surface area contributed by atoms with E-state index in [0.29, 0.717) is 21.4 Å². The van der Waals surface area contributed by atoms with Gasteiger partial charge in [0.25, 0.3) is 0 Å². The number of halogens is 2.